The van der Waals surface area contributed by atoms with Gasteiger partial charge in [-0.15, -0.1) is 0 Å². The summed E-state index contributed by atoms with van der Waals surface area (Å²) in [6, 6.07) is 14.8. The number of benzene rings is 2. The van der Waals surface area contributed by atoms with E-state index in [1.807, 2.05) is 25.3 Å². The van der Waals surface area contributed by atoms with Crippen LogP contribution in [0.2, 0.25) is 5.02 Å². The van der Waals surface area contributed by atoms with Crippen molar-refractivity contribution in [1.82, 2.24) is 14.5 Å². The second kappa shape index (κ2) is 10.4. The van der Waals surface area contributed by atoms with Gasteiger partial charge >= 0.3 is 0 Å². The highest BCUT2D eigenvalue weighted by atomic mass is 35.5. The molecule has 10 heteroatoms. The van der Waals surface area contributed by atoms with Gasteiger partial charge in [-0.1, -0.05) is 23.7 Å². The zero-order chi connectivity index (χ0) is 28.7. The van der Waals surface area contributed by atoms with E-state index in [0.717, 1.165) is 5.56 Å². The van der Waals surface area contributed by atoms with Crippen molar-refractivity contribution in [3.63, 3.8) is 0 Å². The van der Waals surface area contributed by atoms with E-state index in [0.29, 0.717) is 39.7 Å². The smallest absolute Gasteiger partial charge is 0.279 e. The predicted octanol–water partition coefficient (Wildman–Crippen LogP) is 6.32. The minimum Gasteiger partial charge on any atom is -0.494 e. The fourth-order valence-corrected chi connectivity index (χ4v) is 5.37. The lowest BCUT2D eigenvalue weighted by molar-refractivity contribution is 0.0988. The van der Waals surface area contributed by atoms with Crippen molar-refractivity contribution >= 4 is 23.2 Å². The summed E-state index contributed by atoms with van der Waals surface area (Å²) in [6.07, 6.45) is 1.62. The van der Waals surface area contributed by atoms with E-state index in [-0.39, 0.29) is 28.9 Å². The molecule has 2 aromatic heterocycles. The minimum atomic E-state index is -0.765. The lowest BCUT2D eigenvalue weighted by Gasteiger charge is -2.30. The Kier molecular flexibility index (Phi) is 7.01. The summed E-state index contributed by atoms with van der Waals surface area (Å²) in [7, 11) is 1.51. The average molecular weight is 555 g/mol. The molecule has 1 amide bonds. The van der Waals surface area contributed by atoms with Gasteiger partial charge < -0.3 is 9.30 Å². The Bertz CT molecular complexity index is 1750. The molecule has 0 spiro atoms. The number of carbonyl (C=O) groups excluding carboxylic acids is 1. The third kappa shape index (κ3) is 4.25. The van der Waals surface area contributed by atoms with E-state index < -0.39 is 17.8 Å². The van der Waals surface area contributed by atoms with E-state index in [2.05, 4.69) is 17.1 Å². The number of nitrogens with zero attached hydrogens (tertiary/aromatic N) is 6. The van der Waals surface area contributed by atoms with Crippen LogP contribution in [0.25, 0.3) is 11.4 Å². The van der Waals surface area contributed by atoms with Crippen LogP contribution in [0, 0.1) is 35.4 Å². The molecular formula is C30H24ClFN6O2. The van der Waals surface area contributed by atoms with Crippen LogP contribution in [0.1, 0.15) is 64.5 Å². The molecule has 4 aromatic rings. The Balaban J connectivity index is 1.83. The number of nitriles is 2. The van der Waals surface area contributed by atoms with Crippen LogP contribution >= 0.6 is 11.6 Å². The number of halogens is 2. The van der Waals surface area contributed by atoms with E-state index in [4.69, 9.17) is 21.3 Å². The molecule has 0 fully saturated rings. The Morgan fingerprint density at radius 3 is 2.62 bits per heavy atom. The number of rotatable bonds is 6. The number of hydrogen-bond donors (Lipinski definition) is 0. The van der Waals surface area contributed by atoms with Gasteiger partial charge in [-0.25, -0.2) is 9.37 Å². The molecule has 1 unspecified atom stereocenters. The zero-order valence-electron chi connectivity index (χ0n) is 22.2. The molecule has 5 rings (SSSR count). The fraction of sp³-hybridized carbons (Fsp3) is 0.233. The van der Waals surface area contributed by atoms with Gasteiger partial charge in [0.25, 0.3) is 5.91 Å². The number of amides is 1. The SMILES string of the molecule is COc1cnc(CC#N)cc1-c1nc2c(n1C(C)C)C(c1ccc(C#N)cc1C)N(c1cccc(Cl)c1F)C2=O. The van der Waals surface area contributed by atoms with Crippen molar-refractivity contribution in [3.05, 3.63) is 93.3 Å². The van der Waals surface area contributed by atoms with Crippen LogP contribution < -0.4 is 9.64 Å². The summed E-state index contributed by atoms with van der Waals surface area (Å²) in [5.41, 5.74) is 3.81. The maximum absolute atomic E-state index is 15.4. The number of methoxy groups -OCH3 is 1. The lowest BCUT2D eigenvalue weighted by Crippen LogP contribution is -2.31. The van der Waals surface area contributed by atoms with Crippen molar-refractivity contribution in [1.29, 1.82) is 10.5 Å². The number of pyridine rings is 1. The standard InChI is InChI=1S/C30H24ClFN6O2/c1-16(2)37-28-26(36-29(37)21-13-19(10-11-33)35-15-24(21)40-4)30(39)38(23-7-5-6-22(31)25(23)32)27(28)20-9-8-18(14-34)12-17(20)3/h5-9,12-13,15-16,27H,10H2,1-4H3. The molecule has 2 aromatic carbocycles. The third-order valence-electron chi connectivity index (χ3n) is 6.93. The van der Waals surface area contributed by atoms with Crippen LogP contribution in [-0.2, 0) is 6.42 Å². The molecule has 0 bridgehead atoms. The van der Waals surface area contributed by atoms with Gasteiger partial charge in [0.05, 0.1) is 65.1 Å². The molecule has 1 aliphatic heterocycles. The predicted molar refractivity (Wildman–Crippen MR) is 148 cm³/mol. The van der Waals surface area contributed by atoms with Crippen LogP contribution in [0.5, 0.6) is 5.75 Å². The summed E-state index contributed by atoms with van der Waals surface area (Å²) >= 11 is 6.14. The number of fused-ring (bicyclic) bond motifs is 1. The van der Waals surface area contributed by atoms with E-state index in [1.54, 1.807) is 30.3 Å². The Morgan fingerprint density at radius 1 is 1.20 bits per heavy atom. The van der Waals surface area contributed by atoms with Gasteiger partial charge in [0.2, 0.25) is 0 Å². The number of carbonyl (C=O) groups is 1. The van der Waals surface area contributed by atoms with Gasteiger partial charge in [0.15, 0.2) is 11.5 Å². The number of imidazole rings is 1. The van der Waals surface area contributed by atoms with Crippen molar-refractivity contribution in [3.8, 4) is 29.3 Å². The molecule has 0 saturated carbocycles. The van der Waals surface area contributed by atoms with Gasteiger partial charge in [0, 0.05) is 6.04 Å². The third-order valence-corrected chi connectivity index (χ3v) is 7.22. The molecule has 0 saturated heterocycles. The van der Waals surface area contributed by atoms with Crippen LogP contribution in [0.3, 0.4) is 0 Å². The van der Waals surface area contributed by atoms with Gasteiger partial charge in [-0.05, 0) is 62.2 Å². The van der Waals surface area contributed by atoms with E-state index in [9.17, 15) is 15.3 Å². The highest BCUT2D eigenvalue weighted by Crippen LogP contribution is 2.47. The normalized spacial score (nSPS) is 14.3. The molecule has 40 heavy (non-hydrogen) atoms. The van der Waals surface area contributed by atoms with Gasteiger partial charge in [-0.2, -0.15) is 10.5 Å². The first-order chi connectivity index (χ1) is 19.2. The van der Waals surface area contributed by atoms with Gasteiger partial charge in [0.1, 0.15) is 17.6 Å². The van der Waals surface area contributed by atoms with E-state index >= 15 is 4.39 Å². The molecule has 8 nitrogen and oxygen atoms in total. The highest BCUT2D eigenvalue weighted by Gasteiger charge is 2.46. The van der Waals surface area contributed by atoms with Crippen molar-refractivity contribution in [2.75, 3.05) is 12.0 Å². The Hall–Kier alpha value is -4.73. The number of anilines is 1. The first-order valence-corrected chi connectivity index (χ1v) is 12.9. The molecular weight excluding hydrogens is 531 g/mol. The first kappa shape index (κ1) is 26.9. The monoisotopic (exact) mass is 554 g/mol. The summed E-state index contributed by atoms with van der Waals surface area (Å²) in [4.78, 5) is 24.6. The summed E-state index contributed by atoms with van der Waals surface area (Å²) in [5, 5.41) is 18.6. The highest BCUT2D eigenvalue weighted by molar-refractivity contribution is 6.31. The van der Waals surface area contributed by atoms with Crippen LogP contribution in [0.15, 0.2) is 48.7 Å². The second-order valence-corrected chi connectivity index (χ2v) is 10.1. The van der Waals surface area contributed by atoms with E-state index in [1.165, 1.54) is 30.3 Å². The minimum absolute atomic E-state index is 0.0268. The fourth-order valence-electron chi connectivity index (χ4n) is 5.20. The lowest BCUT2D eigenvalue weighted by atomic mass is 9.96. The molecule has 0 aliphatic carbocycles. The molecule has 200 valence electrons. The Labute approximate surface area is 235 Å². The van der Waals surface area contributed by atoms with Crippen LogP contribution in [-0.4, -0.2) is 27.6 Å². The van der Waals surface area contributed by atoms with Crippen molar-refractivity contribution in [2.24, 2.45) is 0 Å². The molecule has 1 atom stereocenters. The quantitative estimate of drug-likeness (QED) is 0.276. The summed E-state index contributed by atoms with van der Waals surface area (Å²) in [6.45, 7) is 5.78. The number of hydrogen-bond acceptors (Lipinski definition) is 6. The maximum Gasteiger partial charge on any atom is 0.279 e. The van der Waals surface area contributed by atoms with Crippen LogP contribution in [0.4, 0.5) is 10.1 Å². The molecule has 1 aliphatic rings. The summed E-state index contributed by atoms with van der Waals surface area (Å²) in [5.74, 6) is -0.305. The maximum atomic E-state index is 15.4. The summed E-state index contributed by atoms with van der Waals surface area (Å²) < 4.78 is 23.0. The molecule has 0 N–H and O–H groups in total. The number of ether oxygens (including phenoxy) is 1. The topological polar surface area (TPSA) is 108 Å². The Morgan fingerprint density at radius 2 is 1.98 bits per heavy atom. The second-order valence-electron chi connectivity index (χ2n) is 9.68. The van der Waals surface area contributed by atoms with Crippen molar-refractivity contribution in [2.45, 2.75) is 39.3 Å². The largest absolute Gasteiger partial charge is 0.494 e. The molecule has 3 heterocycles. The van der Waals surface area contributed by atoms with Gasteiger partial charge in [-0.3, -0.25) is 14.7 Å². The zero-order valence-corrected chi connectivity index (χ0v) is 23.0. The number of aromatic nitrogens is 3. The average Bonchev–Trinajstić information content (AvgIpc) is 3.45. The number of aryl methyl sites for hydroxylation is 1. The van der Waals surface area contributed by atoms with Crippen molar-refractivity contribution < 1.29 is 13.9 Å². The first-order valence-electron chi connectivity index (χ1n) is 12.5. The molecule has 0 radical (unpaired) electrons.